The van der Waals surface area contributed by atoms with E-state index in [1.165, 1.54) is 0 Å². The number of carbonyl (C=O) groups is 1. The van der Waals surface area contributed by atoms with E-state index in [-0.39, 0.29) is 18.2 Å². The van der Waals surface area contributed by atoms with Gasteiger partial charge >= 0.3 is 6.03 Å². The van der Waals surface area contributed by atoms with Gasteiger partial charge in [-0.2, -0.15) is 0 Å². The van der Waals surface area contributed by atoms with Gasteiger partial charge in [0, 0.05) is 13.1 Å². The lowest BCUT2D eigenvalue weighted by Crippen LogP contribution is -2.50. The SMILES string of the molecule is CCN(CC)CCNC(=O)NC1CCCCC1O. The summed E-state index contributed by atoms with van der Waals surface area (Å²) < 4.78 is 0. The minimum absolute atomic E-state index is 0.0767. The van der Waals surface area contributed by atoms with Gasteiger partial charge in [0.05, 0.1) is 12.1 Å². The fourth-order valence-corrected chi connectivity index (χ4v) is 2.37. The summed E-state index contributed by atoms with van der Waals surface area (Å²) in [6.45, 7) is 7.75. The van der Waals surface area contributed by atoms with Crippen molar-refractivity contribution in [2.75, 3.05) is 26.2 Å². The minimum Gasteiger partial charge on any atom is -0.391 e. The Labute approximate surface area is 110 Å². The Morgan fingerprint density at radius 2 is 1.94 bits per heavy atom. The van der Waals surface area contributed by atoms with Gasteiger partial charge in [-0.25, -0.2) is 4.79 Å². The first-order valence-electron chi connectivity index (χ1n) is 7.12. The monoisotopic (exact) mass is 257 g/mol. The predicted octanol–water partition coefficient (Wildman–Crippen LogP) is 0.931. The zero-order valence-corrected chi connectivity index (χ0v) is 11.6. The molecular formula is C13H27N3O2. The van der Waals surface area contributed by atoms with E-state index in [1.54, 1.807) is 0 Å². The Morgan fingerprint density at radius 1 is 1.28 bits per heavy atom. The lowest BCUT2D eigenvalue weighted by atomic mass is 9.93. The number of likely N-dealkylation sites (N-methyl/N-ethyl adjacent to an activating group) is 1. The maximum Gasteiger partial charge on any atom is 0.315 e. The molecule has 0 heterocycles. The van der Waals surface area contributed by atoms with Gasteiger partial charge in [-0.05, 0) is 25.9 Å². The van der Waals surface area contributed by atoms with E-state index in [0.717, 1.165) is 45.3 Å². The number of aliphatic hydroxyl groups excluding tert-OH is 1. The van der Waals surface area contributed by atoms with E-state index in [2.05, 4.69) is 29.4 Å². The Hall–Kier alpha value is -0.810. The molecule has 5 heteroatoms. The van der Waals surface area contributed by atoms with Crippen molar-refractivity contribution < 1.29 is 9.90 Å². The third-order valence-corrected chi connectivity index (χ3v) is 3.65. The van der Waals surface area contributed by atoms with Gasteiger partial charge in [0.25, 0.3) is 0 Å². The molecule has 0 bridgehead atoms. The summed E-state index contributed by atoms with van der Waals surface area (Å²) in [6.07, 6.45) is 3.44. The van der Waals surface area contributed by atoms with Crippen LogP contribution >= 0.6 is 0 Å². The Balaban J connectivity index is 2.16. The highest BCUT2D eigenvalue weighted by atomic mass is 16.3. The number of urea groups is 1. The number of hydrogen-bond donors (Lipinski definition) is 3. The average molecular weight is 257 g/mol. The molecule has 3 N–H and O–H groups in total. The normalized spacial score (nSPS) is 24.0. The summed E-state index contributed by atoms with van der Waals surface area (Å²) >= 11 is 0. The molecule has 18 heavy (non-hydrogen) atoms. The molecule has 1 saturated carbocycles. The first-order valence-corrected chi connectivity index (χ1v) is 7.12. The zero-order chi connectivity index (χ0) is 13.4. The standard InChI is InChI=1S/C13H27N3O2/c1-3-16(4-2)10-9-14-13(18)15-11-7-5-6-8-12(11)17/h11-12,17H,3-10H2,1-2H3,(H2,14,15,18). The number of nitrogens with one attached hydrogen (secondary N) is 2. The van der Waals surface area contributed by atoms with Crippen LogP contribution in [0, 0.1) is 0 Å². The molecule has 1 fully saturated rings. The van der Waals surface area contributed by atoms with Gasteiger partial charge in [0.2, 0.25) is 0 Å². The van der Waals surface area contributed by atoms with Crippen molar-refractivity contribution in [3.63, 3.8) is 0 Å². The highest BCUT2D eigenvalue weighted by Gasteiger charge is 2.24. The molecule has 0 aromatic carbocycles. The highest BCUT2D eigenvalue weighted by molar-refractivity contribution is 5.74. The van der Waals surface area contributed by atoms with Crippen LogP contribution in [0.2, 0.25) is 0 Å². The smallest absolute Gasteiger partial charge is 0.315 e. The maximum atomic E-state index is 11.7. The molecular weight excluding hydrogens is 230 g/mol. The van der Waals surface area contributed by atoms with E-state index < -0.39 is 0 Å². The van der Waals surface area contributed by atoms with E-state index in [4.69, 9.17) is 0 Å². The van der Waals surface area contributed by atoms with Gasteiger partial charge < -0.3 is 20.6 Å². The number of rotatable bonds is 6. The Morgan fingerprint density at radius 3 is 2.56 bits per heavy atom. The van der Waals surface area contributed by atoms with Crippen molar-refractivity contribution in [3.8, 4) is 0 Å². The van der Waals surface area contributed by atoms with Gasteiger partial charge in [0.15, 0.2) is 0 Å². The molecule has 0 aromatic heterocycles. The van der Waals surface area contributed by atoms with Crippen LogP contribution in [0.25, 0.3) is 0 Å². The molecule has 0 aromatic rings. The maximum absolute atomic E-state index is 11.7. The van der Waals surface area contributed by atoms with Crippen LogP contribution in [0.3, 0.4) is 0 Å². The van der Waals surface area contributed by atoms with Crippen molar-refractivity contribution in [3.05, 3.63) is 0 Å². The fraction of sp³-hybridized carbons (Fsp3) is 0.923. The quantitative estimate of drug-likeness (QED) is 0.663. The largest absolute Gasteiger partial charge is 0.391 e. The van der Waals surface area contributed by atoms with Crippen LogP contribution in [0.5, 0.6) is 0 Å². The van der Waals surface area contributed by atoms with Crippen molar-refractivity contribution in [1.82, 2.24) is 15.5 Å². The summed E-state index contributed by atoms with van der Waals surface area (Å²) in [5, 5.41) is 15.5. The van der Waals surface area contributed by atoms with Crippen molar-refractivity contribution >= 4 is 6.03 Å². The first-order chi connectivity index (χ1) is 8.67. The van der Waals surface area contributed by atoms with Crippen LogP contribution < -0.4 is 10.6 Å². The van der Waals surface area contributed by atoms with Crippen molar-refractivity contribution in [2.45, 2.75) is 51.7 Å². The summed E-state index contributed by atoms with van der Waals surface area (Å²) in [4.78, 5) is 13.9. The predicted molar refractivity (Wildman–Crippen MR) is 72.6 cm³/mol. The number of amides is 2. The number of carbonyl (C=O) groups excluding carboxylic acids is 1. The van der Waals surface area contributed by atoms with Crippen LogP contribution in [-0.2, 0) is 0 Å². The molecule has 2 amide bonds. The zero-order valence-electron chi connectivity index (χ0n) is 11.6. The molecule has 5 nitrogen and oxygen atoms in total. The first kappa shape index (κ1) is 15.2. The number of aliphatic hydroxyl groups is 1. The molecule has 0 radical (unpaired) electrons. The van der Waals surface area contributed by atoms with Gasteiger partial charge in [-0.15, -0.1) is 0 Å². The molecule has 2 unspecified atom stereocenters. The average Bonchev–Trinajstić information content (AvgIpc) is 2.37. The van der Waals surface area contributed by atoms with Gasteiger partial charge in [-0.3, -0.25) is 0 Å². The molecule has 0 aliphatic heterocycles. The van der Waals surface area contributed by atoms with E-state index in [9.17, 15) is 9.90 Å². The lowest BCUT2D eigenvalue weighted by Gasteiger charge is -2.28. The summed E-state index contributed by atoms with van der Waals surface area (Å²) in [5.74, 6) is 0. The van der Waals surface area contributed by atoms with Crippen molar-refractivity contribution in [2.24, 2.45) is 0 Å². The molecule has 1 aliphatic rings. The summed E-state index contributed by atoms with van der Waals surface area (Å²) in [6, 6.07) is -0.236. The second-order valence-electron chi connectivity index (χ2n) is 4.89. The third kappa shape index (κ3) is 5.23. The third-order valence-electron chi connectivity index (χ3n) is 3.65. The lowest BCUT2D eigenvalue weighted by molar-refractivity contribution is 0.0942. The van der Waals surface area contributed by atoms with Crippen molar-refractivity contribution in [1.29, 1.82) is 0 Å². The Bertz CT molecular complexity index is 244. The molecule has 1 aliphatic carbocycles. The van der Waals surface area contributed by atoms with Crippen LogP contribution in [0.1, 0.15) is 39.5 Å². The highest BCUT2D eigenvalue weighted by Crippen LogP contribution is 2.17. The number of hydrogen-bond acceptors (Lipinski definition) is 3. The summed E-state index contributed by atoms with van der Waals surface area (Å²) in [5.41, 5.74) is 0. The molecule has 0 saturated heterocycles. The second-order valence-corrected chi connectivity index (χ2v) is 4.89. The summed E-state index contributed by atoms with van der Waals surface area (Å²) in [7, 11) is 0. The minimum atomic E-state index is -0.382. The van der Waals surface area contributed by atoms with Gasteiger partial charge in [-0.1, -0.05) is 26.7 Å². The van der Waals surface area contributed by atoms with E-state index in [0.29, 0.717) is 6.54 Å². The van der Waals surface area contributed by atoms with Crippen LogP contribution in [0.15, 0.2) is 0 Å². The molecule has 0 spiro atoms. The topological polar surface area (TPSA) is 64.6 Å². The van der Waals surface area contributed by atoms with Crippen LogP contribution in [-0.4, -0.2) is 54.4 Å². The van der Waals surface area contributed by atoms with E-state index >= 15 is 0 Å². The molecule has 106 valence electrons. The van der Waals surface area contributed by atoms with Gasteiger partial charge in [0.1, 0.15) is 0 Å². The Kier molecular flexibility index (Phi) is 7.05. The second kappa shape index (κ2) is 8.32. The number of nitrogens with zero attached hydrogens (tertiary/aromatic N) is 1. The van der Waals surface area contributed by atoms with Crippen LogP contribution in [0.4, 0.5) is 4.79 Å². The molecule has 1 rings (SSSR count). The molecule has 2 atom stereocenters. The fourth-order valence-electron chi connectivity index (χ4n) is 2.37. The van der Waals surface area contributed by atoms with E-state index in [1.807, 2.05) is 0 Å².